The Bertz CT molecular complexity index is 1310. The molecule has 9 heteroatoms. The molecule has 1 amide bonds. The molecule has 2 aromatic rings. The Kier molecular flexibility index (Phi) is 6.19. The van der Waals surface area contributed by atoms with E-state index in [1.54, 1.807) is 11.0 Å². The Morgan fingerprint density at radius 3 is 2.59 bits per heavy atom. The fourth-order valence-corrected chi connectivity index (χ4v) is 6.43. The maximum Gasteiger partial charge on any atom is 0.306 e. The van der Waals surface area contributed by atoms with E-state index in [9.17, 15) is 19.5 Å². The van der Waals surface area contributed by atoms with E-state index in [0.717, 1.165) is 35.4 Å². The van der Waals surface area contributed by atoms with Crippen LogP contribution in [0.5, 0.6) is 0 Å². The van der Waals surface area contributed by atoms with Gasteiger partial charge in [-0.25, -0.2) is 4.68 Å². The van der Waals surface area contributed by atoms with Crippen molar-refractivity contribution in [3.8, 4) is 0 Å². The average molecular weight is 523 g/mol. The summed E-state index contributed by atoms with van der Waals surface area (Å²) >= 11 is 6.59. The number of allylic oxidation sites excluding steroid dienone is 2. The maximum absolute atomic E-state index is 14.1. The number of carboxylic acid groups (broad SMARTS) is 1. The van der Waals surface area contributed by atoms with Crippen LogP contribution in [0.1, 0.15) is 76.8 Å². The predicted molar refractivity (Wildman–Crippen MR) is 138 cm³/mol. The number of aromatic nitrogens is 2. The van der Waals surface area contributed by atoms with Crippen LogP contribution in [-0.4, -0.2) is 56.7 Å². The topological polar surface area (TPSA) is 119 Å². The van der Waals surface area contributed by atoms with Gasteiger partial charge in [0.25, 0.3) is 5.91 Å². The number of carboxylic acids is 1. The number of nitrogens with two attached hydrogens (primary N) is 1. The Hall–Kier alpha value is -2.97. The molecule has 2 fully saturated rings. The van der Waals surface area contributed by atoms with Gasteiger partial charge < -0.3 is 15.7 Å². The molecule has 194 valence electrons. The fourth-order valence-electron chi connectivity index (χ4n) is 6.17. The second kappa shape index (κ2) is 9.40. The van der Waals surface area contributed by atoms with Crippen LogP contribution in [0.4, 0.5) is 0 Å². The Balaban J connectivity index is 1.40. The molecule has 1 aromatic heterocycles. The van der Waals surface area contributed by atoms with Gasteiger partial charge in [0.1, 0.15) is 0 Å². The molecule has 3 aliphatic carbocycles. The largest absolute Gasteiger partial charge is 0.481 e. The van der Waals surface area contributed by atoms with Gasteiger partial charge in [0, 0.05) is 37.4 Å². The third-order valence-electron chi connectivity index (χ3n) is 8.37. The van der Waals surface area contributed by atoms with Gasteiger partial charge in [-0.05, 0) is 61.6 Å². The highest BCUT2D eigenvalue weighted by Crippen LogP contribution is 2.44. The van der Waals surface area contributed by atoms with Crippen LogP contribution in [0.2, 0.25) is 5.02 Å². The zero-order chi connectivity index (χ0) is 25.8. The number of hydrogen-bond acceptors (Lipinski definition) is 5. The first kappa shape index (κ1) is 24.4. The standard InChI is InChI=1S/C28H31ClN4O4/c29-22-6-2-5-20(15-7-8-15)24(22)27(35)33-23-12-17(26(34)32-13-19(30)14-32)9-10-21(23)25(31-33)16-3-1-4-18(11-16)28(36)37/h1-3,5-6,15-19H,4,7-14,30H2,(H,36,37). The second-order valence-corrected chi connectivity index (χ2v) is 11.4. The van der Waals surface area contributed by atoms with Crippen molar-refractivity contribution in [3.63, 3.8) is 0 Å². The molecule has 37 heavy (non-hydrogen) atoms. The van der Waals surface area contributed by atoms with Crippen molar-refractivity contribution in [2.75, 3.05) is 13.1 Å². The Morgan fingerprint density at radius 2 is 1.89 bits per heavy atom. The molecule has 3 N–H and O–H groups in total. The Labute approximate surface area is 220 Å². The van der Waals surface area contributed by atoms with Crippen molar-refractivity contribution >= 4 is 29.4 Å². The summed E-state index contributed by atoms with van der Waals surface area (Å²) in [5.74, 6) is -1.59. The number of nitrogens with zero attached hydrogens (tertiary/aromatic N) is 3. The molecule has 0 spiro atoms. The van der Waals surface area contributed by atoms with Crippen molar-refractivity contribution in [3.05, 3.63) is 63.5 Å². The molecule has 8 nitrogen and oxygen atoms in total. The van der Waals surface area contributed by atoms with Gasteiger partial charge in [-0.3, -0.25) is 14.4 Å². The van der Waals surface area contributed by atoms with Gasteiger partial charge in [-0.1, -0.05) is 35.9 Å². The van der Waals surface area contributed by atoms with Crippen molar-refractivity contribution in [1.29, 1.82) is 0 Å². The molecule has 1 saturated carbocycles. The van der Waals surface area contributed by atoms with E-state index in [0.29, 0.717) is 61.7 Å². The van der Waals surface area contributed by atoms with Crippen LogP contribution in [0, 0.1) is 11.8 Å². The summed E-state index contributed by atoms with van der Waals surface area (Å²) in [4.78, 5) is 40.8. The summed E-state index contributed by atoms with van der Waals surface area (Å²) in [5, 5.41) is 14.9. The van der Waals surface area contributed by atoms with Crippen molar-refractivity contribution in [1.82, 2.24) is 14.7 Å². The Morgan fingerprint density at radius 1 is 1.11 bits per heavy atom. The van der Waals surface area contributed by atoms with E-state index in [1.165, 1.54) is 4.68 Å². The van der Waals surface area contributed by atoms with Crippen molar-refractivity contribution in [2.45, 2.75) is 62.8 Å². The van der Waals surface area contributed by atoms with Crippen LogP contribution in [0.25, 0.3) is 0 Å². The number of rotatable bonds is 5. The predicted octanol–water partition coefficient (Wildman–Crippen LogP) is 3.51. The van der Waals surface area contributed by atoms with Crippen molar-refractivity contribution in [2.24, 2.45) is 17.6 Å². The minimum absolute atomic E-state index is 0.0307. The number of aliphatic carboxylic acids is 1. The number of carbonyl (C=O) groups is 3. The third kappa shape index (κ3) is 4.40. The van der Waals surface area contributed by atoms with Crippen LogP contribution in [0.3, 0.4) is 0 Å². The van der Waals surface area contributed by atoms with E-state index < -0.39 is 11.9 Å². The van der Waals surface area contributed by atoms with Crippen LogP contribution in [0.15, 0.2) is 30.4 Å². The number of amides is 1. The molecule has 0 radical (unpaired) electrons. The molecule has 1 aliphatic heterocycles. The molecule has 1 aromatic carbocycles. The summed E-state index contributed by atoms with van der Waals surface area (Å²) in [7, 11) is 0. The maximum atomic E-state index is 14.1. The molecule has 6 rings (SSSR count). The third-order valence-corrected chi connectivity index (χ3v) is 8.69. The van der Waals surface area contributed by atoms with Gasteiger partial charge in [-0.15, -0.1) is 0 Å². The first-order valence-corrected chi connectivity index (χ1v) is 13.6. The smallest absolute Gasteiger partial charge is 0.306 e. The van der Waals surface area contributed by atoms with E-state index in [1.807, 2.05) is 24.3 Å². The summed E-state index contributed by atoms with van der Waals surface area (Å²) in [6.07, 6.45) is 8.62. The quantitative estimate of drug-likeness (QED) is 0.580. The van der Waals surface area contributed by atoms with E-state index in [4.69, 9.17) is 22.4 Å². The summed E-state index contributed by atoms with van der Waals surface area (Å²) in [6, 6.07) is 5.61. The lowest BCUT2D eigenvalue weighted by molar-refractivity contribution is -0.142. The summed E-state index contributed by atoms with van der Waals surface area (Å²) in [6.45, 7) is 1.14. The van der Waals surface area contributed by atoms with Gasteiger partial charge in [-0.2, -0.15) is 5.10 Å². The van der Waals surface area contributed by atoms with Crippen LogP contribution < -0.4 is 5.73 Å². The van der Waals surface area contributed by atoms with Gasteiger partial charge >= 0.3 is 5.97 Å². The normalized spacial score (nSPS) is 25.5. The van der Waals surface area contributed by atoms with Gasteiger partial charge in [0.05, 0.1) is 27.9 Å². The van der Waals surface area contributed by atoms with E-state index >= 15 is 0 Å². The van der Waals surface area contributed by atoms with Crippen LogP contribution in [-0.2, 0) is 22.4 Å². The molecular weight excluding hydrogens is 492 g/mol. The number of carbonyl (C=O) groups excluding carboxylic acids is 2. The monoisotopic (exact) mass is 522 g/mol. The highest BCUT2D eigenvalue weighted by atomic mass is 35.5. The van der Waals surface area contributed by atoms with Crippen LogP contribution >= 0.6 is 11.6 Å². The lowest BCUT2D eigenvalue weighted by Crippen LogP contribution is -2.59. The highest BCUT2D eigenvalue weighted by molar-refractivity contribution is 6.34. The SMILES string of the molecule is NC1CN(C(=O)C2CCc3c(C4C=CCC(C(=O)O)C4)nn(C(=O)c4c(Cl)cccc4C4CC4)c3C2)C1. The first-order valence-electron chi connectivity index (χ1n) is 13.2. The highest BCUT2D eigenvalue weighted by Gasteiger charge is 2.39. The number of fused-ring (bicyclic) bond motifs is 1. The number of benzene rings is 1. The number of hydrogen-bond donors (Lipinski definition) is 2. The average Bonchev–Trinajstić information content (AvgIpc) is 3.66. The minimum atomic E-state index is -0.817. The lowest BCUT2D eigenvalue weighted by Gasteiger charge is -2.39. The zero-order valence-electron chi connectivity index (χ0n) is 20.6. The molecule has 3 atom stereocenters. The van der Waals surface area contributed by atoms with E-state index in [-0.39, 0.29) is 29.7 Å². The molecule has 0 bridgehead atoms. The number of likely N-dealkylation sites (tertiary alicyclic amines) is 1. The first-order chi connectivity index (χ1) is 17.8. The van der Waals surface area contributed by atoms with Gasteiger partial charge in [0.15, 0.2) is 0 Å². The molecular formula is C28H31ClN4O4. The number of halogens is 1. The summed E-state index contributed by atoms with van der Waals surface area (Å²) in [5.41, 5.74) is 9.81. The molecule has 4 aliphatic rings. The second-order valence-electron chi connectivity index (χ2n) is 11.0. The van der Waals surface area contributed by atoms with Gasteiger partial charge in [0.2, 0.25) is 5.91 Å². The lowest BCUT2D eigenvalue weighted by atomic mass is 9.79. The molecule has 3 unspecified atom stereocenters. The van der Waals surface area contributed by atoms with E-state index in [2.05, 4.69) is 0 Å². The summed E-state index contributed by atoms with van der Waals surface area (Å²) < 4.78 is 1.47. The fraction of sp³-hybridized carbons (Fsp3) is 0.500. The molecule has 2 heterocycles. The molecule has 1 saturated heterocycles. The zero-order valence-corrected chi connectivity index (χ0v) is 21.4. The minimum Gasteiger partial charge on any atom is -0.481 e. The van der Waals surface area contributed by atoms with Crippen molar-refractivity contribution < 1.29 is 19.5 Å².